The van der Waals surface area contributed by atoms with E-state index in [2.05, 4.69) is 167 Å². The molecule has 0 radical (unpaired) electrons. The number of rotatable bonds is 4. The summed E-state index contributed by atoms with van der Waals surface area (Å²) in [5.41, 5.74) is 11.0. The molecule has 0 N–H and O–H groups in total. The summed E-state index contributed by atoms with van der Waals surface area (Å²) in [6, 6.07) is 62.0. The highest BCUT2D eigenvalue weighted by atomic mass is 16.3. The van der Waals surface area contributed by atoms with Gasteiger partial charge in [-0.25, -0.2) is 4.98 Å². The van der Waals surface area contributed by atoms with Gasteiger partial charge in [0.25, 0.3) is 0 Å². The van der Waals surface area contributed by atoms with Crippen molar-refractivity contribution in [2.24, 2.45) is 0 Å². The van der Waals surface area contributed by atoms with Gasteiger partial charge in [-0.3, -0.25) is 9.55 Å². The highest BCUT2D eigenvalue weighted by molar-refractivity contribution is 6.35. The van der Waals surface area contributed by atoms with Gasteiger partial charge in [-0.05, 0) is 89.0 Å². The Balaban J connectivity index is 1.18. The average Bonchev–Trinajstić information content (AvgIpc) is 3.95. The second kappa shape index (κ2) is 11.5. The van der Waals surface area contributed by atoms with E-state index in [-0.39, 0.29) is 0 Å². The minimum atomic E-state index is 0.848. The van der Waals surface area contributed by atoms with Gasteiger partial charge in [0.1, 0.15) is 11.4 Å². The van der Waals surface area contributed by atoms with E-state index >= 15 is 0 Å². The smallest absolute Gasteiger partial charge is 0.160 e. The van der Waals surface area contributed by atoms with Crippen LogP contribution >= 0.6 is 0 Å². The Bertz CT molecular complexity index is 3470. The molecule has 12 aromatic rings. The minimum absolute atomic E-state index is 0.848. The fourth-order valence-corrected chi connectivity index (χ4v) is 8.81. The van der Waals surface area contributed by atoms with E-state index in [1.165, 1.54) is 16.2 Å². The Labute approximate surface area is 315 Å². The molecular weight excluding hydrogens is 673 g/mol. The average molecular weight is 703 g/mol. The van der Waals surface area contributed by atoms with E-state index in [1.807, 2.05) is 24.4 Å². The third-order valence-electron chi connectivity index (χ3n) is 11.2. The predicted octanol–water partition coefficient (Wildman–Crippen LogP) is 13.1. The molecule has 0 aliphatic carbocycles. The highest BCUT2D eigenvalue weighted by Gasteiger charge is 2.25. The third-order valence-corrected chi connectivity index (χ3v) is 11.2. The Morgan fingerprint density at radius 2 is 1.07 bits per heavy atom. The molecule has 55 heavy (non-hydrogen) atoms. The predicted molar refractivity (Wildman–Crippen MR) is 226 cm³/mol. The van der Waals surface area contributed by atoms with Gasteiger partial charge in [0, 0.05) is 55.6 Å². The summed E-state index contributed by atoms with van der Waals surface area (Å²) in [5.74, 6) is 0.902. The Morgan fingerprint density at radius 3 is 1.85 bits per heavy atom. The molecular formula is C50H30N4O. The van der Waals surface area contributed by atoms with E-state index < -0.39 is 0 Å². The number of hydrogen-bond donors (Lipinski definition) is 0. The number of para-hydroxylation sites is 4. The number of imidazole rings is 1. The van der Waals surface area contributed by atoms with Gasteiger partial charge >= 0.3 is 0 Å². The van der Waals surface area contributed by atoms with Gasteiger partial charge < -0.3 is 8.98 Å². The molecule has 256 valence electrons. The van der Waals surface area contributed by atoms with Crippen LogP contribution in [-0.2, 0) is 0 Å². The number of pyridine rings is 1. The molecule has 4 aromatic heterocycles. The topological polar surface area (TPSA) is 48.8 Å². The zero-order valence-corrected chi connectivity index (χ0v) is 29.5. The molecule has 5 nitrogen and oxygen atoms in total. The van der Waals surface area contributed by atoms with Gasteiger partial charge in [-0.15, -0.1) is 0 Å². The molecule has 0 amide bonds. The Hall–Kier alpha value is -7.50. The number of furan rings is 1. The van der Waals surface area contributed by atoms with Gasteiger partial charge in [-0.2, -0.15) is 0 Å². The summed E-state index contributed by atoms with van der Waals surface area (Å²) in [6.45, 7) is 0. The molecule has 12 rings (SSSR count). The normalized spacial score (nSPS) is 12.0. The van der Waals surface area contributed by atoms with Crippen LogP contribution in [0.3, 0.4) is 0 Å². The maximum Gasteiger partial charge on any atom is 0.160 e. The van der Waals surface area contributed by atoms with Crippen molar-refractivity contribution in [1.29, 1.82) is 0 Å². The van der Waals surface area contributed by atoms with Crippen LogP contribution in [0.1, 0.15) is 0 Å². The largest absolute Gasteiger partial charge is 0.453 e. The first-order valence-electron chi connectivity index (χ1n) is 18.6. The van der Waals surface area contributed by atoms with Crippen molar-refractivity contribution in [1.82, 2.24) is 19.1 Å². The summed E-state index contributed by atoms with van der Waals surface area (Å²) >= 11 is 0. The minimum Gasteiger partial charge on any atom is -0.453 e. The first kappa shape index (κ1) is 30.0. The first-order valence-corrected chi connectivity index (χ1v) is 18.6. The van der Waals surface area contributed by atoms with Gasteiger partial charge in [0.15, 0.2) is 5.58 Å². The van der Waals surface area contributed by atoms with E-state index in [0.29, 0.717) is 0 Å². The van der Waals surface area contributed by atoms with E-state index in [4.69, 9.17) is 14.4 Å². The van der Waals surface area contributed by atoms with Gasteiger partial charge in [0.05, 0.1) is 27.8 Å². The summed E-state index contributed by atoms with van der Waals surface area (Å²) in [4.78, 5) is 10.0. The van der Waals surface area contributed by atoms with Gasteiger partial charge in [-0.1, -0.05) is 103 Å². The lowest BCUT2D eigenvalue weighted by molar-refractivity contribution is 0.675. The Morgan fingerprint density at radius 1 is 0.436 bits per heavy atom. The van der Waals surface area contributed by atoms with Crippen LogP contribution in [0, 0.1) is 0 Å². The van der Waals surface area contributed by atoms with Crippen molar-refractivity contribution < 1.29 is 4.42 Å². The maximum atomic E-state index is 7.27. The fourth-order valence-electron chi connectivity index (χ4n) is 8.81. The maximum absolute atomic E-state index is 7.27. The molecule has 0 saturated carbocycles. The van der Waals surface area contributed by atoms with Crippen LogP contribution in [0.15, 0.2) is 187 Å². The Kier molecular flexibility index (Phi) is 6.27. The van der Waals surface area contributed by atoms with Crippen LogP contribution in [0.2, 0.25) is 0 Å². The van der Waals surface area contributed by atoms with Crippen LogP contribution in [-0.4, -0.2) is 19.1 Å². The molecule has 0 aliphatic heterocycles. The molecule has 0 aliphatic rings. The zero-order chi connectivity index (χ0) is 36.0. The van der Waals surface area contributed by atoms with Crippen LogP contribution in [0.25, 0.3) is 110 Å². The molecule has 0 fully saturated rings. The van der Waals surface area contributed by atoms with Crippen molar-refractivity contribution in [3.63, 3.8) is 0 Å². The zero-order valence-electron chi connectivity index (χ0n) is 29.5. The SMILES string of the molecule is c1ccc(-n2c(-c3ccc(-n4c5ccccc5c5cc(-c6ccccn6)c6c(oc7c8ccccc8c8ccccc8c76)c54)cc3)nc3ccccc32)cc1. The number of fused-ring (bicyclic) bond motifs is 13. The quantitative estimate of drug-likeness (QED) is 0.172. The molecule has 0 unspecified atom stereocenters. The molecule has 4 heterocycles. The fraction of sp³-hybridized carbons (Fsp3) is 0. The van der Waals surface area contributed by atoms with Crippen molar-refractivity contribution in [3.05, 3.63) is 182 Å². The summed E-state index contributed by atoms with van der Waals surface area (Å²) < 4.78 is 11.9. The third kappa shape index (κ3) is 4.29. The number of aromatic nitrogens is 4. The second-order valence-corrected chi connectivity index (χ2v) is 14.1. The molecule has 5 heteroatoms. The second-order valence-electron chi connectivity index (χ2n) is 14.1. The number of hydrogen-bond acceptors (Lipinski definition) is 3. The molecule has 0 spiro atoms. The van der Waals surface area contributed by atoms with Crippen molar-refractivity contribution in [2.75, 3.05) is 0 Å². The monoisotopic (exact) mass is 702 g/mol. The molecule has 0 atom stereocenters. The molecule has 8 aromatic carbocycles. The lowest BCUT2D eigenvalue weighted by Crippen LogP contribution is -1.98. The van der Waals surface area contributed by atoms with Crippen molar-refractivity contribution in [2.45, 2.75) is 0 Å². The summed E-state index contributed by atoms with van der Waals surface area (Å²) in [7, 11) is 0. The number of benzene rings is 8. The van der Waals surface area contributed by atoms with Crippen LogP contribution in [0.5, 0.6) is 0 Å². The first-order chi connectivity index (χ1) is 27.3. The van der Waals surface area contributed by atoms with Crippen molar-refractivity contribution >= 4 is 76.3 Å². The summed E-state index contributed by atoms with van der Waals surface area (Å²) in [5, 5.41) is 9.10. The van der Waals surface area contributed by atoms with Crippen molar-refractivity contribution in [3.8, 4) is 34.0 Å². The van der Waals surface area contributed by atoms with E-state index in [0.717, 1.165) is 94.2 Å². The van der Waals surface area contributed by atoms with E-state index in [1.54, 1.807) is 0 Å². The lowest BCUT2D eigenvalue weighted by atomic mass is 9.94. The summed E-state index contributed by atoms with van der Waals surface area (Å²) in [6.07, 6.45) is 1.87. The lowest BCUT2D eigenvalue weighted by Gasteiger charge is -2.12. The number of nitrogens with zero attached hydrogens (tertiary/aromatic N) is 4. The van der Waals surface area contributed by atoms with Crippen LogP contribution in [0.4, 0.5) is 0 Å². The van der Waals surface area contributed by atoms with Crippen LogP contribution < -0.4 is 0 Å². The van der Waals surface area contributed by atoms with Gasteiger partial charge in [0.2, 0.25) is 0 Å². The highest BCUT2D eigenvalue weighted by Crippen LogP contribution is 2.48. The standard InChI is InChI=1S/C50H30N4O/c1-2-14-32(15-3-1)54-44-24-11-9-22-42(44)52-50(54)31-25-27-33(28-26-31)53-43-23-10-8-18-36(43)39-30-40(41-21-12-13-29-51-41)46-45-37-19-6-4-16-34(37)35-17-5-7-20-38(35)48(45)55-49(46)47(39)53/h1-30H. The molecule has 0 saturated heterocycles. The molecule has 0 bridgehead atoms. The van der Waals surface area contributed by atoms with E-state index in [9.17, 15) is 0 Å².